The molecule has 0 aliphatic carbocycles. The first-order valence-electron chi connectivity index (χ1n) is 6.48. The summed E-state index contributed by atoms with van der Waals surface area (Å²) in [4.78, 5) is 0. The van der Waals surface area contributed by atoms with Crippen LogP contribution in [0.2, 0.25) is 0 Å². The van der Waals surface area contributed by atoms with Crippen LogP contribution in [0.3, 0.4) is 0 Å². The van der Waals surface area contributed by atoms with Crippen LogP contribution in [-0.4, -0.2) is 0 Å². The number of halogens is 4. The van der Waals surface area contributed by atoms with Gasteiger partial charge in [-0.1, -0.05) is 36.5 Å². The fraction of sp³-hybridized carbons (Fsp3) is 0. The minimum atomic E-state index is -0.645. The van der Waals surface area contributed by atoms with Gasteiger partial charge in [0.1, 0.15) is 23.3 Å². The zero-order valence-corrected chi connectivity index (χ0v) is 11.4. The first-order chi connectivity index (χ1) is 10.6. The number of hydrogen-bond acceptors (Lipinski definition) is 0. The van der Waals surface area contributed by atoms with E-state index < -0.39 is 23.3 Å². The van der Waals surface area contributed by atoms with E-state index in [4.69, 9.17) is 0 Å². The van der Waals surface area contributed by atoms with Gasteiger partial charge in [-0.3, -0.25) is 0 Å². The molecule has 0 aromatic heterocycles. The topological polar surface area (TPSA) is 0 Å². The van der Waals surface area contributed by atoms with Crippen molar-refractivity contribution >= 4 is 12.2 Å². The highest BCUT2D eigenvalue weighted by atomic mass is 19.1. The van der Waals surface area contributed by atoms with Crippen LogP contribution in [0.5, 0.6) is 0 Å². The molecule has 0 saturated carbocycles. The van der Waals surface area contributed by atoms with Crippen LogP contribution in [0.25, 0.3) is 12.2 Å². The number of benzene rings is 2. The van der Waals surface area contributed by atoms with Crippen molar-refractivity contribution in [2.75, 3.05) is 0 Å². The molecule has 0 bridgehead atoms. The van der Waals surface area contributed by atoms with E-state index in [9.17, 15) is 17.6 Å². The highest BCUT2D eigenvalue weighted by molar-refractivity contribution is 5.54. The molecule has 22 heavy (non-hydrogen) atoms. The molecule has 112 valence electrons. The fourth-order valence-corrected chi connectivity index (χ4v) is 1.72. The molecular formula is C18H12F4. The normalized spacial score (nSPS) is 12.0. The summed E-state index contributed by atoms with van der Waals surface area (Å²) in [7, 11) is 0. The van der Waals surface area contributed by atoms with Gasteiger partial charge in [-0.15, -0.1) is 0 Å². The Bertz CT molecular complexity index is 679. The molecule has 0 heterocycles. The van der Waals surface area contributed by atoms with Crippen molar-refractivity contribution in [3.8, 4) is 0 Å². The molecule has 2 aromatic rings. The number of allylic oxidation sites excluding steroid dienone is 4. The molecule has 4 heteroatoms. The minimum absolute atomic E-state index is 0.264. The smallest absolute Gasteiger partial charge is 0.133 e. The third-order valence-corrected chi connectivity index (χ3v) is 2.81. The maximum absolute atomic E-state index is 13.3. The molecule has 0 spiro atoms. The molecule has 0 atom stereocenters. The summed E-state index contributed by atoms with van der Waals surface area (Å²) in [6, 6.07) is 6.62. The van der Waals surface area contributed by atoms with Crippen molar-refractivity contribution in [3.63, 3.8) is 0 Å². The van der Waals surface area contributed by atoms with Crippen molar-refractivity contribution in [3.05, 3.63) is 95.1 Å². The van der Waals surface area contributed by atoms with Gasteiger partial charge in [0.15, 0.2) is 0 Å². The first kappa shape index (κ1) is 15.8. The standard InChI is InChI=1S/C18H12F4/c19-15-9-7-13(17(21)11-15)5-3-1-2-4-6-14-8-10-16(20)12-18(14)22/h1-12H/b2-1+,5-3+,6-4+. The molecule has 2 rings (SSSR count). The van der Waals surface area contributed by atoms with Gasteiger partial charge in [0.05, 0.1) is 0 Å². The van der Waals surface area contributed by atoms with E-state index in [-0.39, 0.29) is 11.1 Å². The van der Waals surface area contributed by atoms with Crippen LogP contribution in [-0.2, 0) is 0 Å². The summed E-state index contributed by atoms with van der Waals surface area (Å²) in [6.07, 6.45) is 9.33. The summed E-state index contributed by atoms with van der Waals surface area (Å²) in [6.45, 7) is 0. The van der Waals surface area contributed by atoms with Crippen molar-refractivity contribution in [1.82, 2.24) is 0 Å². The second-order valence-electron chi connectivity index (χ2n) is 4.43. The van der Waals surface area contributed by atoms with E-state index in [2.05, 4.69) is 0 Å². The molecule has 0 saturated heterocycles. The molecular weight excluding hydrogens is 292 g/mol. The lowest BCUT2D eigenvalue weighted by atomic mass is 10.2. The Balaban J connectivity index is 1.97. The molecule has 0 radical (unpaired) electrons. The summed E-state index contributed by atoms with van der Waals surface area (Å²) >= 11 is 0. The predicted octanol–water partition coefficient (Wildman–Crippen LogP) is 5.53. The lowest BCUT2D eigenvalue weighted by Crippen LogP contribution is -1.83. The van der Waals surface area contributed by atoms with E-state index in [1.807, 2.05) is 0 Å². The fourth-order valence-electron chi connectivity index (χ4n) is 1.72. The molecule has 0 nitrogen and oxygen atoms in total. The Labute approximate surface area is 125 Å². The highest BCUT2D eigenvalue weighted by Gasteiger charge is 1.99. The maximum Gasteiger partial charge on any atom is 0.133 e. The predicted molar refractivity (Wildman–Crippen MR) is 79.9 cm³/mol. The van der Waals surface area contributed by atoms with E-state index >= 15 is 0 Å². The van der Waals surface area contributed by atoms with Gasteiger partial charge >= 0.3 is 0 Å². The zero-order chi connectivity index (χ0) is 15.9. The lowest BCUT2D eigenvalue weighted by molar-refractivity contribution is 0.581. The van der Waals surface area contributed by atoms with Crippen LogP contribution in [0, 0.1) is 23.3 Å². The van der Waals surface area contributed by atoms with Crippen molar-refractivity contribution in [2.45, 2.75) is 0 Å². The number of hydrogen-bond donors (Lipinski definition) is 0. The monoisotopic (exact) mass is 304 g/mol. The Morgan fingerprint density at radius 2 is 0.955 bits per heavy atom. The second kappa shape index (κ2) is 7.41. The van der Waals surface area contributed by atoms with Gasteiger partial charge in [-0.05, 0) is 24.3 Å². The Morgan fingerprint density at radius 3 is 1.32 bits per heavy atom. The first-order valence-corrected chi connectivity index (χ1v) is 6.48. The van der Waals surface area contributed by atoms with Crippen LogP contribution < -0.4 is 0 Å². The average molecular weight is 304 g/mol. The van der Waals surface area contributed by atoms with Crippen LogP contribution in [0.4, 0.5) is 17.6 Å². The summed E-state index contributed by atoms with van der Waals surface area (Å²) in [5.41, 5.74) is 0.527. The van der Waals surface area contributed by atoms with E-state index in [1.165, 1.54) is 36.4 Å². The van der Waals surface area contributed by atoms with E-state index in [0.717, 1.165) is 12.1 Å². The third kappa shape index (κ3) is 4.45. The molecule has 2 aromatic carbocycles. The summed E-state index contributed by atoms with van der Waals surface area (Å²) in [5.74, 6) is -2.55. The number of rotatable bonds is 4. The van der Waals surface area contributed by atoms with E-state index in [1.54, 1.807) is 24.3 Å². The van der Waals surface area contributed by atoms with Gasteiger partial charge < -0.3 is 0 Å². The lowest BCUT2D eigenvalue weighted by Gasteiger charge is -1.95. The molecule has 0 aliphatic heterocycles. The Kier molecular flexibility index (Phi) is 5.31. The van der Waals surface area contributed by atoms with Crippen molar-refractivity contribution in [2.24, 2.45) is 0 Å². The van der Waals surface area contributed by atoms with Gasteiger partial charge in [0.25, 0.3) is 0 Å². The third-order valence-electron chi connectivity index (χ3n) is 2.81. The zero-order valence-electron chi connectivity index (χ0n) is 11.4. The van der Waals surface area contributed by atoms with Crippen molar-refractivity contribution < 1.29 is 17.6 Å². The second-order valence-corrected chi connectivity index (χ2v) is 4.43. The molecule has 0 amide bonds. The van der Waals surface area contributed by atoms with Crippen LogP contribution >= 0.6 is 0 Å². The van der Waals surface area contributed by atoms with Gasteiger partial charge in [-0.25, -0.2) is 17.6 Å². The van der Waals surface area contributed by atoms with Gasteiger partial charge in [-0.2, -0.15) is 0 Å². The van der Waals surface area contributed by atoms with Gasteiger partial charge in [0.2, 0.25) is 0 Å². The maximum atomic E-state index is 13.3. The Morgan fingerprint density at radius 1 is 0.545 bits per heavy atom. The van der Waals surface area contributed by atoms with Crippen LogP contribution in [0.15, 0.2) is 60.7 Å². The van der Waals surface area contributed by atoms with Crippen LogP contribution in [0.1, 0.15) is 11.1 Å². The van der Waals surface area contributed by atoms with Gasteiger partial charge in [0, 0.05) is 23.3 Å². The van der Waals surface area contributed by atoms with Crippen molar-refractivity contribution in [1.29, 1.82) is 0 Å². The summed E-state index contributed by atoms with van der Waals surface area (Å²) < 4.78 is 52.1. The SMILES string of the molecule is Fc1ccc(/C=C/C=C/C=C/c2ccc(F)cc2F)c(F)c1. The average Bonchev–Trinajstić information content (AvgIpc) is 2.46. The quantitative estimate of drug-likeness (QED) is 0.515. The Hall–Kier alpha value is -2.62. The molecule has 0 aliphatic rings. The molecule has 0 N–H and O–H groups in total. The highest BCUT2D eigenvalue weighted by Crippen LogP contribution is 2.12. The largest absolute Gasteiger partial charge is 0.207 e. The minimum Gasteiger partial charge on any atom is -0.207 e. The molecule has 0 fully saturated rings. The molecule has 0 unspecified atom stereocenters. The van der Waals surface area contributed by atoms with E-state index in [0.29, 0.717) is 0 Å². The summed E-state index contributed by atoms with van der Waals surface area (Å²) in [5, 5.41) is 0.